The number of ether oxygens (including phenoxy) is 2. The third kappa shape index (κ3) is 1.84. The first-order valence-electron chi connectivity index (χ1n) is 6.13. The van der Waals surface area contributed by atoms with E-state index in [4.69, 9.17) is 9.47 Å². The van der Waals surface area contributed by atoms with Crippen LogP contribution >= 0.6 is 0 Å². The van der Waals surface area contributed by atoms with Gasteiger partial charge in [0.2, 0.25) is 0 Å². The van der Waals surface area contributed by atoms with Gasteiger partial charge in [0.05, 0.1) is 25.3 Å². The van der Waals surface area contributed by atoms with Crippen molar-refractivity contribution in [2.24, 2.45) is 0 Å². The highest BCUT2D eigenvalue weighted by Crippen LogP contribution is 2.42. The Labute approximate surface area is 115 Å². The number of H-pyrrole nitrogens is 1. The van der Waals surface area contributed by atoms with E-state index in [1.165, 1.54) is 7.11 Å². The molecule has 5 nitrogen and oxygen atoms in total. The van der Waals surface area contributed by atoms with Crippen LogP contribution in [0.25, 0.3) is 22.4 Å². The molecule has 20 heavy (non-hydrogen) atoms. The van der Waals surface area contributed by atoms with Gasteiger partial charge in [0.25, 0.3) is 0 Å². The Morgan fingerprint density at radius 2 is 1.70 bits per heavy atom. The van der Waals surface area contributed by atoms with Gasteiger partial charge >= 0.3 is 0 Å². The van der Waals surface area contributed by atoms with E-state index in [9.17, 15) is 5.11 Å². The van der Waals surface area contributed by atoms with Crippen molar-refractivity contribution in [1.29, 1.82) is 0 Å². The number of hydrogen-bond acceptors (Lipinski definition) is 4. The number of aromatic nitrogens is 2. The summed E-state index contributed by atoms with van der Waals surface area (Å²) in [5.74, 6) is 1.45. The molecule has 0 atom stereocenters. The molecule has 1 heterocycles. The van der Waals surface area contributed by atoms with Crippen LogP contribution in [0.3, 0.4) is 0 Å². The molecule has 0 radical (unpaired) electrons. The summed E-state index contributed by atoms with van der Waals surface area (Å²) in [7, 11) is 3.05. The number of phenolic OH excluding ortho intramolecular Hbond substituents is 1. The van der Waals surface area contributed by atoms with E-state index in [0.717, 1.165) is 11.0 Å². The van der Waals surface area contributed by atoms with Crippen molar-refractivity contribution in [3.63, 3.8) is 0 Å². The number of nitrogens with one attached hydrogen (secondary N) is 1. The second kappa shape index (κ2) is 4.77. The quantitative estimate of drug-likeness (QED) is 0.767. The highest BCUT2D eigenvalue weighted by Gasteiger charge is 2.18. The number of phenols is 1. The topological polar surface area (TPSA) is 67.4 Å². The Morgan fingerprint density at radius 3 is 2.40 bits per heavy atom. The molecule has 0 fully saturated rings. The Hall–Kier alpha value is -2.69. The highest BCUT2D eigenvalue weighted by atomic mass is 16.5. The lowest BCUT2D eigenvalue weighted by Crippen LogP contribution is -1.93. The van der Waals surface area contributed by atoms with Crippen LogP contribution in [0.15, 0.2) is 36.4 Å². The summed E-state index contributed by atoms with van der Waals surface area (Å²) in [5, 5.41) is 10.3. The normalized spacial score (nSPS) is 10.7. The van der Waals surface area contributed by atoms with E-state index < -0.39 is 0 Å². The number of aromatic amines is 1. The molecule has 102 valence electrons. The summed E-state index contributed by atoms with van der Waals surface area (Å²) in [6.07, 6.45) is 0. The van der Waals surface area contributed by atoms with E-state index >= 15 is 0 Å². The molecule has 3 rings (SSSR count). The molecule has 0 unspecified atom stereocenters. The minimum atomic E-state index is 0.00547. The zero-order valence-electron chi connectivity index (χ0n) is 11.2. The number of rotatable bonds is 3. The minimum Gasteiger partial charge on any atom is -0.504 e. The molecule has 0 saturated carbocycles. The van der Waals surface area contributed by atoms with Gasteiger partial charge in [0.15, 0.2) is 11.5 Å². The molecule has 0 saturated heterocycles. The Bertz CT molecular complexity index is 732. The summed E-state index contributed by atoms with van der Waals surface area (Å²) in [6, 6.07) is 11.1. The first kappa shape index (κ1) is 12.3. The number of methoxy groups -OCH3 is 2. The van der Waals surface area contributed by atoms with Crippen molar-refractivity contribution in [2.75, 3.05) is 14.2 Å². The zero-order chi connectivity index (χ0) is 14.1. The molecule has 0 aliphatic heterocycles. The first-order valence-corrected chi connectivity index (χ1v) is 6.13. The van der Waals surface area contributed by atoms with E-state index in [1.807, 2.05) is 24.3 Å². The maximum Gasteiger partial charge on any atom is 0.172 e. The van der Waals surface area contributed by atoms with Crippen molar-refractivity contribution >= 4 is 11.0 Å². The van der Waals surface area contributed by atoms with Crippen LogP contribution < -0.4 is 9.47 Å². The fourth-order valence-electron chi connectivity index (χ4n) is 2.19. The number of aromatic hydroxyl groups is 1. The summed E-state index contributed by atoms with van der Waals surface area (Å²) >= 11 is 0. The van der Waals surface area contributed by atoms with Crippen molar-refractivity contribution in [3.8, 4) is 28.6 Å². The second-order valence-corrected chi connectivity index (χ2v) is 4.30. The standard InChI is InChI=1S/C15H14N2O3/c1-19-11-7-8-12(20-2)14(18)13(11)15-16-9-5-3-4-6-10(9)17-15/h3-8,18H,1-2H3,(H,16,17). The van der Waals surface area contributed by atoms with Crippen LogP contribution in [0, 0.1) is 0 Å². The monoisotopic (exact) mass is 270 g/mol. The van der Waals surface area contributed by atoms with Crippen LogP contribution in [0.1, 0.15) is 0 Å². The minimum absolute atomic E-state index is 0.00547. The van der Waals surface area contributed by atoms with Gasteiger partial charge in [-0.25, -0.2) is 4.98 Å². The number of nitrogens with zero attached hydrogens (tertiary/aromatic N) is 1. The molecule has 2 aromatic carbocycles. The molecule has 0 bridgehead atoms. The van der Waals surface area contributed by atoms with Crippen molar-refractivity contribution in [1.82, 2.24) is 9.97 Å². The van der Waals surface area contributed by atoms with Crippen LogP contribution in [0.2, 0.25) is 0 Å². The fourth-order valence-corrected chi connectivity index (χ4v) is 2.19. The van der Waals surface area contributed by atoms with Crippen LogP contribution in [-0.4, -0.2) is 29.3 Å². The van der Waals surface area contributed by atoms with Crippen molar-refractivity contribution < 1.29 is 14.6 Å². The lowest BCUT2D eigenvalue weighted by atomic mass is 10.1. The number of para-hydroxylation sites is 2. The van der Waals surface area contributed by atoms with Crippen LogP contribution in [0.5, 0.6) is 17.2 Å². The Balaban J connectivity index is 2.26. The fraction of sp³-hybridized carbons (Fsp3) is 0.133. The van der Waals surface area contributed by atoms with Crippen molar-refractivity contribution in [3.05, 3.63) is 36.4 Å². The summed E-state index contributed by atoms with van der Waals surface area (Å²) in [5.41, 5.74) is 2.21. The third-order valence-electron chi connectivity index (χ3n) is 3.17. The van der Waals surface area contributed by atoms with E-state index in [0.29, 0.717) is 22.9 Å². The van der Waals surface area contributed by atoms with Gasteiger partial charge in [-0.15, -0.1) is 0 Å². The molecule has 2 N–H and O–H groups in total. The zero-order valence-corrected chi connectivity index (χ0v) is 11.2. The molecule has 1 aromatic heterocycles. The molecule has 0 spiro atoms. The molecule has 0 amide bonds. The van der Waals surface area contributed by atoms with Crippen LogP contribution in [0.4, 0.5) is 0 Å². The average molecular weight is 270 g/mol. The average Bonchev–Trinajstić information content (AvgIpc) is 2.90. The largest absolute Gasteiger partial charge is 0.504 e. The lowest BCUT2D eigenvalue weighted by Gasteiger charge is -2.11. The lowest BCUT2D eigenvalue weighted by molar-refractivity contribution is 0.367. The van der Waals surface area contributed by atoms with E-state index in [2.05, 4.69) is 9.97 Å². The smallest absolute Gasteiger partial charge is 0.172 e. The van der Waals surface area contributed by atoms with Crippen LogP contribution in [-0.2, 0) is 0 Å². The van der Waals surface area contributed by atoms with Gasteiger partial charge in [-0.1, -0.05) is 12.1 Å². The maximum atomic E-state index is 10.3. The van der Waals surface area contributed by atoms with Gasteiger partial charge in [0.1, 0.15) is 17.1 Å². The molecule has 3 aromatic rings. The molecular formula is C15H14N2O3. The van der Waals surface area contributed by atoms with Gasteiger partial charge in [0, 0.05) is 0 Å². The second-order valence-electron chi connectivity index (χ2n) is 4.30. The number of fused-ring (bicyclic) bond motifs is 1. The predicted octanol–water partition coefficient (Wildman–Crippen LogP) is 2.95. The summed E-state index contributed by atoms with van der Waals surface area (Å²) in [4.78, 5) is 7.65. The molecule has 0 aliphatic carbocycles. The molecule has 5 heteroatoms. The first-order chi connectivity index (χ1) is 9.74. The summed E-state index contributed by atoms with van der Waals surface area (Å²) in [6.45, 7) is 0. The van der Waals surface area contributed by atoms with Gasteiger partial charge < -0.3 is 19.6 Å². The van der Waals surface area contributed by atoms with E-state index in [-0.39, 0.29) is 5.75 Å². The number of hydrogen-bond donors (Lipinski definition) is 2. The Kier molecular flexibility index (Phi) is 2.95. The third-order valence-corrected chi connectivity index (χ3v) is 3.17. The molecule has 0 aliphatic rings. The molecular weight excluding hydrogens is 256 g/mol. The van der Waals surface area contributed by atoms with E-state index in [1.54, 1.807) is 19.2 Å². The Morgan fingerprint density at radius 1 is 1.00 bits per heavy atom. The maximum absolute atomic E-state index is 10.3. The van der Waals surface area contributed by atoms with Gasteiger partial charge in [-0.3, -0.25) is 0 Å². The van der Waals surface area contributed by atoms with Crippen molar-refractivity contribution in [2.45, 2.75) is 0 Å². The SMILES string of the molecule is COc1ccc(OC)c(-c2nc3ccccc3[nH]2)c1O. The number of benzene rings is 2. The highest BCUT2D eigenvalue weighted by molar-refractivity contribution is 5.83. The summed E-state index contributed by atoms with van der Waals surface area (Å²) < 4.78 is 10.4. The predicted molar refractivity (Wildman–Crippen MR) is 76.3 cm³/mol. The van der Waals surface area contributed by atoms with Gasteiger partial charge in [-0.05, 0) is 24.3 Å². The number of imidazole rings is 1. The van der Waals surface area contributed by atoms with Gasteiger partial charge in [-0.2, -0.15) is 0 Å².